The molecule has 1 spiro atoms. The molecule has 5 heterocycles. The number of fused-ring (bicyclic) bond motifs is 1. The van der Waals surface area contributed by atoms with Gasteiger partial charge >= 0.3 is 0 Å². The standard InChI is InChI=1S/C19H26ClN7O2/c1-25-13(12-26-6-3-19(4-7-26)2-5-21-17(19)28)22-14-15(25)23-18(20)24-16(14)27-8-10-29-11-9-27/h2-12H2,1H3,(H,21,28). The number of amides is 1. The van der Waals surface area contributed by atoms with Crippen LogP contribution in [0, 0.1) is 5.41 Å². The Morgan fingerprint density at radius 2 is 1.86 bits per heavy atom. The number of nitrogens with one attached hydrogen (secondary N) is 1. The van der Waals surface area contributed by atoms with Crippen LogP contribution in [0.2, 0.25) is 5.28 Å². The summed E-state index contributed by atoms with van der Waals surface area (Å²) in [6.07, 6.45) is 2.78. The molecule has 29 heavy (non-hydrogen) atoms. The van der Waals surface area contributed by atoms with Crippen molar-refractivity contribution in [3.05, 3.63) is 11.1 Å². The van der Waals surface area contributed by atoms with Crippen molar-refractivity contribution in [2.24, 2.45) is 12.5 Å². The van der Waals surface area contributed by atoms with Crippen LogP contribution in [0.4, 0.5) is 5.82 Å². The smallest absolute Gasteiger partial charge is 0.226 e. The van der Waals surface area contributed by atoms with E-state index in [0.717, 1.165) is 81.3 Å². The van der Waals surface area contributed by atoms with Crippen LogP contribution in [0.5, 0.6) is 0 Å². The number of morpholine rings is 1. The van der Waals surface area contributed by atoms with Gasteiger partial charge in [0.1, 0.15) is 5.82 Å². The van der Waals surface area contributed by atoms with Crippen molar-refractivity contribution in [1.82, 2.24) is 29.7 Å². The van der Waals surface area contributed by atoms with Gasteiger partial charge in [0, 0.05) is 26.7 Å². The van der Waals surface area contributed by atoms with E-state index in [9.17, 15) is 4.79 Å². The van der Waals surface area contributed by atoms with E-state index < -0.39 is 0 Å². The first kappa shape index (κ1) is 19.0. The van der Waals surface area contributed by atoms with E-state index in [1.54, 1.807) is 0 Å². The lowest BCUT2D eigenvalue weighted by Gasteiger charge is -2.37. The highest BCUT2D eigenvalue weighted by Gasteiger charge is 2.44. The molecule has 1 N–H and O–H groups in total. The zero-order valence-electron chi connectivity index (χ0n) is 16.7. The van der Waals surface area contributed by atoms with Crippen LogP contribution in [-0.4, -0.2) is 76.3 Å². The van der Waals surface area contributed by atoms with Crippen molar-refractivity contribution in [1.29, 1.82) is 0 Å². The van der Waals surface area contributed by atoms with Crippen molar-refractivity contribution in [2.45, 2.75) is 25.8 Å². The van der Waals surface area contributed by atoms with Crippen LogP contribution in [-0.2, 0) is 23.1 Å². The van der Waals surface area contributed by atoms with Gasteiger partial charge in [0.15, 0.2) is 17.0 Å². The first-order valence-electron chi connectivity index (χ1n) is 10.3. The molecule has 0 bridgehead atoms. The number of nitrogens with zero attached hydrogens (tertiary/aromatic N) is 6. The summed E-state index contributed by atoms with van der Waals surface area (Å²) in [5.41, 5.74) is 1.40. The lowest BCUT2D eigenvalue weighted by atomic mass is 9.77. The number of likely N-dealkylation sites (tertiary alicyclic amines) is 1. The van der Waals surface area contributed by atoms with Crippen LogP contribution in [0.1, 0.15) is 25.1 Å². The van der Waals surface area contributed by atoms with Gasteiger partial charge in [0.25, 0.3) is 0 Å². The minimum Gasteiger partial charge on any atom is -0.378 e. The highest BCUT2D eigenvalue weighted by Crippen LogP contribution is 2.38. The number of carbonyl (C=O) groups is 1. The fourth-order valence-corrected chi connectivity index (χ4v) is 4.90. The molecule has 2 aromatic heterocycles. The number of imidazole rings is 1. The fourth-order valence-electron chi connectivity index (χ4n) is 4.74. The minimum absolute atomic E-state index is 0.147. The molecular formula is C19H26ClN7O2. The lowest BCUT2D eigenvalue weighted by Crippen LogP contribution is -2.43. The average molecular weight is 420 g/mol. The first-order valence-corrected chi connectivity index (χ1v) is 10.7. The molecular weight excluding hydrogens is 394 g/mol. The summed E-state index contributed by atoms with van der Waals surface area (Å²) in [5.74, 6) is 1.96. The van der Waals surface area contributed by atoms with Gasteiger partial charge in [-0.25, -0.2) is 4.98 Å². The maximum atomic E-state index is 12.2. The summed E-state index contributed by atoms with van der Waals surface area (Å²) < 4.78 is 7.47. The third-order valence-electron chi connectivity index (χ3n) is 6.63. The Bertz CT molecular complexity index is 932. The third-order valence-corrected chi connectivity index (χ3v) is 6.79. The first-order chi connectivity index (χ1) is 14.1. The van der Waals surface area contributed by atoms with Gasteiger partial charge in [-0.2, -0.15) is 9.97 Å². The largest absolute Gasteiger partial charge is 0.378 e. The lowest BCUT2D eigenvalue weighted by molar-refractivity contribution is -0.130. The maximum Gasteiger partial charge on any atom is 0.226 e. The number of anilines is 1. The van der Waals surface area contributed by atoms with Crippen molar-refractivity contribution >= 4 is 34.5 Å². The van der Waals surface area contributed by atoms with Crippen LogP contribution in [0.25, 0.3) is 11.2 Å². The van der Waals surface area contributed by atoms with Gasteiger partial charge in [-0.05, 0) is 44.0 Å². The Kier molecular flexibility index (Phi) is 4.84. The van der Waals surface area contributed by atoms with Gasteiger partial charge in [-0.15, -0.1) is 0 Å². The van der Waals surface area contributed by atoms with E-state index in [0.29, 0.717) is 13.2 Å². The molecule has 3 saturated heterocycles. The van der Waals surface area contributed by atoms with Gasteiger partial charge < -0.3 is 19.5 Å². The molecule has 0 unspecified atom stereocenters. The van der Waals surface area contributed by atoms with Crippen LogP contribution in [0.3, 0.4) is 0 Å². The predicted molar refractivity (Wildman–Crippen MR) is 109 cm³/mol. The Morgan fingerprint density at radius 3 is 2.55 bits per heavy atom. The molecule has 3 aliphatic rings. The number of carbonyl (C=O) groups excluding carboxylic acids is 1. The number of hydrogen-bond acceptors (Lipinski definition) is 7. The van der Waals surface area contributed by atoms with Gasteiger partial charge in [0.05, 0.1) is 25.2 Å². The summed E-state index contributed by atoms with van der Waals surface area (Å²) in [6, 6.07) is 0. The predicted octanol–water partition coefficient (Wildman–Crippen LogP) is 0.955. The van der Waals surface area contributed by atoms with Gasteiger partial charge in [-0.3, -0.25) is 9.69 Å². The van der Waals surface area contributed by atoms with Gasteiger partial charge in [-0.1, -0.05) is 0 Å². The summed E-state index contributed by atoms with van der Waals surface area (Å²) in [4.78, 5) is 30.6. The number of rotatable bonds is 3. The van der Waals surface area contributed by atoms with Crippen LogP contribution >= 0.6 is 11.6 Å². The average Bonchev–Trinajstić information content (AvgIpc) is 3.24. The van der Waals surface area contributed by atoms with E-state index in [2.05, 4.69) is 25.1 Å². The van der Waals surface area contributed by atoms with Crippen molar-refractivity contribution in [3.8, 4) is 0 Å². The molecule has 9 nitrogen and oxygen atoms in total. The molecule has 156 valence electrons. The van der Waals surface area contributed by atoms with Crippen molar-refractivity contribution < 1.29 is 9.53 Å². The van der Waals surface area contributed by atoms with Crippen molar-refractivity contribution in [2.75, 3.05) is 50.8 Å². The maximum absolute atomic E-state index is 12.2. The molecule has 0 atom stereocenters. The molecule has 0 aromatic carbocycles. The monoisotopic (exact) mass is 419 g/mol. The minimum atomic E-state index is -0.147. The number of aromatic nitrogens is 4. The number of halogens is 1. The SMILES string of the molecule is Cn1c(CN2CCC3(CCNC3=O)CC2)nc2c(N3CCOCC3)nc(Cl)nc21. The molecule has 0 saturated carbocycles. The molecule has 3 fully saturated rings. The molecule has 3 aliphatic heterocycles. The highest BCUT2D eigenvalue weighted by molar-refractivity contribution is 6.28. The van der Waals surface area contributed by atoms with E-state index in [-0.39, 0.29) is 16.6 Å². The van der Waals surface area contributed by atoms with E-state index in [4.69, 9.17) is 21.3 Å². The second kappa shape index (κ2) is 7.37. The zero-order chi connectivity index (χ0) is 20.0. The van der Waals surface area contributed by atoms with Crippen LogP contribution in [0.15, 0.2) is 0 Å². The Labute approximate surface area is 174 Å². The third kappa shape index (κ3) is 3.35. The number of piperidine rings is 1. The summed E-state index contributed by atoms with van der Waals surface area (Å²) in [6.45, 7) is 6.23. The van der Waals surface area contributed by atoms with Gasteiger partial charge in [0.2, 0.25) is 11.2 Å². The number of ether oxygens (including phenoxy) is 1. The van der Waals surface area contributed by atoms with E-state index in [1.165, 1.54) is 0 Å². The Balaban J connectivity index is 1.38. The molecule has 5 rings (SSSR count). The van der Waals surface area contributed by atoms with E-state index >= 15 is 0 Å². The Hall–Kier alpha value is -1.97. The topological polar surface area (TPSA) is 88.4 Å². The zero-order valence-corrected chi connectivity index (χ0v) is 17.4. The summed E-state index contributed by atoms with van der Waals surface area (Å²) >= 11 is 6.23. The van der Waals surface area contributed by atoms with Crippen molar-refractivity contribution in [3.63, 3.8) is 0 Å². The highest BCUT2D eigenvalue weighted by atomic mass is 35.5. The summed E-state index contributed by atoms with van der Waals surface area (Å²) in [5, 5.41) is 3.24. The number of aryl methyl sites for hydroxylation is 1. The number of hydrogen-bond donors (Lipinski definition) is 1. The molecule has 0 aliphatic carbocycles. The molecule has 1 amide bonds. The fraction of sp³-hybridized carbons (Fsp3) is 0.684. The second-order valence-corrected chi connectivity index (χ2v) is 8.58. The quantitative estimate of drug-likeness (QED) is 0.741. The summed E-state index contributed by atoms with van der Waals surface area (Å²) in [7, 11) is 1.98. The Morgan fingerprint density at radius 1 is 1.10 bits per heavy atom. The molecule has 10 heteroatoms. The second-order valence-electron chi connectivity index (χ2n) is 8.24. The van der Waals surface area contributed by atoms with Crippen LogP contribution < -0.4 is 10.2 Å². The normalized spacial score (nSPS) is 22.6. The molecule has 2 aromatic rings. The van der Waals surface area contributed by atoms with E-state index in [1.807, 2.05) is 11.6 Å². The molecule has 0 radical (unpaired) electrons.